The summed E-state index contributed by atoms with van der Waals surface area (Å²) in [5, 5.41) is 0. The Morgan fingerprint density at radius 2 is 0.824 bits per heavy atom. The first-order valence-electron chi connectivity index (χ1n) is 17.4. The van der Waals surface area contributed by atoms with Gasteiger partial charge in [0.2, 0.25) is 0 Å². The lowest BCUT2D eigenvalue weighted by atomic mass is 9.57. The Hall–Kier alpha value is -6.65. The topological polar surface area (TPSA) is 41.9 Å². The molecule has 51 heavy (non-hydrogen) atoms. The zero-order chi connectivity index (χ0) is 33.8. The van der Waals surface area contributed by atoms with Crippen LogP contribution in [0.4, 0.5) is 17.1 Å². The molecule has 240 valence electrons. The zero-order valence-corrected chi connectivity index (χ0v) is 27.8. The second-order valence-electron chi connectivity index (χ2n) is 13.2. The number of para-hydroxylation sites is 3. The van der Waals surface area contributed by atoms with Gasteiger partial charge < -0.3 is 4.90 Å². The summed E-state index contributed by atoms with van der Waals surface area (Å²) in [4.78, 5) is 17.7. The van der Waals surface area contributed by atoms with Gasteiger partial charge in [-0.25, -0.2) is 15.0 Å². The molecule has 1 aliphatic heterocycles. The van der Waals surface area contributed by atoms with Crippen molar-refractivity contribution in [3.63, 3.8) is 0 Å². The lowest BCUT2D eigenvalue weighted by Crippen LogP contribution is -2.41. The average Bonchev–Trinajstić information content (AvgIpc) is 3.21. The maximum absolute atomic E-state index is 5.14. The van der Waals surface area contributed by atoms with Crippen LogP contribution in [0.5, 0.6) is 0 Å². The molecule has 4 nitrogen and oxygen atoms in total. The summed E-state index contributed by atoms with van der Waals surface area (Å²) in [6.07, 6.45) is 0.849. The number of benzene rings is 7. The Morgan fingerprint density at radius 1 is 0.373 bits per heavy atom. The van der Waals surface area contributed by atoms with E-state index >= 15 is 0 Å². The molecule has 10 rings (SSSR count). The van der Waals surface area contributed by atoms with Gasteiger partial charge in [0.25, 0.3) is 0 Å². The number of anilines is 3. The third-order valence-electron chi connectivity index (χ3n) is 10.4. The van der Waals surface area contributed by atoms with E-state index in [0.717, 1.165) is 28.8 Å². The molecule has 2 aliphatic rings. The van der Waals surface area contributed by atoms with E-state index in [9.17, 15) is 0 Å². The van der Waals surface area contributed by atoms with Gasteiger partial charge in [-0.2, -0.15) is 0 Å². The van der Waals surface area contributed by atoms with E-state index in [1.54, 1.807) is 0 Å². The molecular weight excluding hydrogens is 621 g/mol. The van der Waals surface area contributed by atoms with Crippen LogP contribution < -0.4 is 4.90 Å². The van der Waals surface area contributed by atoms with E-state index < -0.39 is 5.41 Å². The van der Waals surface area contributed by atoms with Gasteiger partial charge >= 0.3 is 0 Å². The third kappa shape index (κ3) is 4.57. The van der Waals surface area contributed by atoms with E-state index in [4.69, 9.17) is 15.0 Å². The van der Waals surface area contributed by atoms with Crippen molar-refractivity contribution in [3.8, 4) is 34.2 Å². The summed E-state index contributed by atoms with van der Waals surface area (Å²) in [5.74, 6) is 1.97. The van der Waals surface area contributed by atoms with Gasteiger partial charge in [-0.05, 0) is 70.1 Å². The number of fused-ring (bicyclic) bond motifs is 8. The second kappa shape index (κ2) is 11.7. The number of rotatable bonds is 4. The quantitative estimate of drug-likeness (QED) is 0.190. The van der Waals surface area contributed by atoms with Crippen molar-refractivity contribution in [3.05, 3.63) is 215 Å². The summed E-state index contributed by atoms with van der Waals surface area (Å²) >= 11 is 0. The number of nitrogens with zero attached hydrogens (tertiary/aromatic N) is 4. The molecule has 8 aromatic rings. The van der Waals surface area contributed by atoms with Crippen molar-refractivity contribution in [1.29, 1.82) is 0 Å². The van der Waals surface area contributed by atoms with Gasteiger partial charge in [0.15, 0.2) is 17.5 Å². The molecule has 0 radical (unpaired) electrons. The Kier molecular flexibility index (Phi) is 6.75. The third-order valence-corrected chi connectivity index (χ3v) is 10.4. The van der Waals surface area contributed by atoms with E-state index in [-0.39, 0.29) is 0 Å². The molecule has 1 aromatic heterocycles. The molecule has 0 fully saturated rings. The van der Waals surface area contributed by atoms with Gasteiger partial charge in [-0.1, -0.05) is 152 Å². The average molecular weight is 653 g/mol. The minimum Gasteiger partial charge on any atom is -0.310 e. The molecule has 7 aromatic carbocycles. The summed E-state index contributed by atoms with van der Waals surface area (Å²) in [5.41, 5.74) is 13.5. The molecule has 0 N–H and O–H groups in total. The van der Waals surface area contributed by atoms with Crippen LogP contribution in [-0.2, 0) is 11.8 Å². The molecule has 0 atom stereocenters. The van der Waals surface area contributed by atoms with E-state index in [0.29, 0.717) is 17.5 Å². The molecule has 1 spiro atoms. The fourth-order valence-electron chi connectivity index (χ4n) is 8.23. The minimum atomic E-state index is -0.573. The molecule has 0 unspecified atom stereocenters. The SMILES string of the molecule is c1ccc(-c2nc(-c3ccccc3)nc(-c3ccc4c(c3)C3(c5ccccc5C4)c4ccccc4N(c4ccccc4)c4ccccc43)n2)cc1. The largest absolute Gasteiger partial charge is 0.310 e. The molecule has 0 amide bonds. The van der Waals surface area contributed by atoms with Gasteiger partial charge in [0.05, 0.1) is 16.8 Å². The van der Waals surface area contributed by atoms with Gasteiger partial charge in [-0.15, -0.1) is 0 Å². The van der Waals surface area contributed by atoms with Crippen molar-refractivity contribution in [1.82, 2.24) is 15.0 Å². The lowest BCUT2D eigenvalue weighted by Gasteiger charge is -2.49. The first-order valence-corrected chi connectivity index (χ1v) is 17.4. The molecule has 0 saturated carbocycles. The number of hydrogen-bond donors (Lipinski definition) is 0. The maximum atomic E-state index is 5.14. The monoisotopic (exact) mass is 652 g/mol. The number of aromatic nitrogens is 3. The fourth-order valence-corrected chi connectivity index (χ4v) is 8.23. The number of hydrogen-bond acceptors (Lipinski definition) is 4. The summed E-state index contributed by atoms with van der Waals surface area (Å²) < 4.78 is 0. The highest BCUT2D eigenvalue weighted by molar-refractivity contribution is 5.90. The highest BCUT2D eigenvalue weighted by atomic mass is 15.2. The van der Waals surface area contributed by atoms with Crippen molar-refractivity contribution < 1.29 is 0 Å². The van der Waals surface area contributed by atoms with Crippen LogP contribution in [0, 0.1) is 0 Å². The summed E-state index contributed by atoms with van der Waals surface area (Å²) in [6, 6.07) is 64.8. The Labute approximate surface area is 297 Å². The smallest absolute Gasteiger partial charge is 0.164 e. The Balaban J connectivity index is 1.26. The van der Waals surface area contributed by atoms with Gasteiger partial charge in [0.1, 0.15) is 0 Å². The predicted octanol–water partition coefficient (Wildman–Crippen LogP) is 10.9. The zero-order valence-electron chi connectivity index (χ0n) is 27.8. The normalized spacial score (nSPS) is 13.5. The van der Waals surface area contributed by atoms with Crippen LogP contribution >= 0.6 is 0 Å². The van der Waals surface area contributed by atoms with E-state index in [2.05, 4.69) is 150 Å². The predicted molar refractivity (Wildman–Crippen MR) is 205 cm³/mol. The van der Waals surface area contributed by atoms with Crippen LogP contribution in [0.1, 0.15) is 33.4 Å². The maximum Gasteiger partial charge on any atom is 0.164 e. The highest BCUT2D eigenvalue weighted by Gasteiger charge is 2.50. The van der Waals surface area contributed by atoms with Crippen LogP contribution in [0.3, 0.4) is 0 Å². The molecule has 0 saturated heterocycles. The van der Waals surface area contributed by atoms with E-state index in [1.807, 2.05) is 36.4 Å². The van der Waals surface area contributed by atoms with Gasteiger partial charge in [0, 0.05) is 22.4 Å². The van der Waals surface area contributed by atoms with Crippen LogP contribution in [0.25, 0.3) is 34.2 Å². The molecule has 1 aliphatic carbocycles. The standard InChI is InChI=1S/C47H32N4/c1-4-16-32(17-5-1)44-48-45(33-18-6-2-7-19-33)50-46(49-44)36-29-28-35-30-34-20-10-11-23-38(34)47(41(35)31-36)39-24-12-14-26-42(39)51(37-21-8-3-9-22-37)43-27-15-13-25-40(43)47/h1-29,31H,30H2. The van der Waals surface area contributed by atoms with Crippen molar-refractivity contribution >= 4 is 17.1 Å². The molecule has 4 heteroatoms. The minimum absolute atomic E-state index is 0.573. The van der Waals surface area contributed by atoms with Crippen LogP contribution in [0.2, 0.25) is 0 Å². The first-order chi connectivity index (χ1) is 25.3. The Morgan fingerprint density at radius 3 is 1.41 bits per heavy atom. The summed E-state index contributed by atoms with van der Waals surface area (Å²) in [7, 11) is 0. The molecule has 2 heterocycles. The van der Waals surface area contributed by atoms with Crippen LogP contribution in [0.15, 0.2) is 182 Å². The molecule has 0 bridgehead atoms. The van der Waals surface area contributed by atoms with Crippen molar-refractivity contribution in [2.45, 2.75) is 11.8 Å². The van der Waals surface area contributed by atoms with Crippen molar-refractivity contribution in [2.75, 3.05) is 4.90 Å². The Bertz CT molecular complexity index is 2460. The van der Waals surface area contributed by atoms with Gasteiger partial charge in [-0.3, -0.25) is 0 Å². The van der Waals surface area contributed by atoms with Crippen LogP contribution in [-0.4, -0.2) is 15.0 Å². The molecular formula is C47H32N4. The fraction of sp³-hybridized carbons (Fsp3) is 0.0426. The van der Waals surface area contributed by atoms with Crippen molar-refractivity contribution in [2.24, 2.45) is 0 Å². The second-order valence-corrected chi connectivity index (χ2v) is 13.2. The van der Waals surface area contributed by atoms with E-state index in [1.165, 1.54) is 44.8 Å². The first kappa shape index (κ1) is 29.3. The lowest BCUT2D eigenvalue weighted by molar-refractivity contribution is 0.693. The highest BCUT2D eigenvalue weighted by Crippen LogP contribution is 2.60. The summed E-state index contributed by atoms with van der Waals surface area (Å²) in [6.45, 7) is 0.